The monoisotopic (exact) mass is 420 g/mol. The maximum absolute atomic E-state index is 12.8. The molecule has 1 amide bonds. The summed E-state index contributed by atoms with van der Waals surface area (Å²) in [5.41, 5.74) is 1.56. The number of nitrogens with one attached hydrogen (secondary N) is 1. The van der Waals surface area contributed by atoms with E-state index in [1.165, 1.54) is 17.1 Å². The van der Waals surface area contributed by atoms with Gasteiger partial charge in [0.1, 0.15) is 5.82 Å². The summed E-state index contributed by atoms with van der Waals surface area (Å²) in [5.74, 6) is 0.887. The molecule has 0 spiro atoms. The summed E-state index contributed by atoms with van der Waals surface area (Å²) < 4.78 is 29.1. The van der Waals surface area contributed by atoms with E-state index < -0.39 is 10.0 Å². The minimum Gasteiger partial charge on any atom is -0.353 e. The molecule has 1 heterocycles. The van der Waals surface area contributed by atoms with Crippen LogP contribution in [-0.4, -0.2) is 47.3 Å². The first-order chi connectivity index (χ1) is 13.9. The largest absolute Gasteiger partial charge is 0.353 e. The van der Waals surface area contributed by atoms with Gasteiger partial charge in [0, 0.05) is 38.5 Å². The molecule has 7 nitrogen and oxygen atoms in total. The van der Waals surface area contributed by atoms with Gasteiger partial charge in [0.25, 0.3) is 0 Å². The summed E-state index contributed by atoms with van der Waals surface area (Å²) in [6.07, 6.45) is 5.46. The maximum Gasteiger partial charge on any atom is 0.243 e. The first-order valence-corrected chi connectivity index (χ1v) is 12.1. The standard InChI is InChI=1S/C21H32N4O3S/c1-4-24(5-2)29(27,28)17-11-12-19-18(15-17)23-20(25(19)6-3)13-14-21(26)22-16-9-7-8-10-16/h11-12,15-16H,4-10,13-14H2,1-3H3,(H,22,26). The van der Waals surface area contributed by atoms with Gasteiger partial charge in [-0.05, 0) is 38.0 Å². The molecule has 1 aliphatic carbocycles. The lowest BCUT2D eigenvalue weighted by Crippen LogP contribution is -2.32. The Balaban J connectivity index is 1.80. The van der Waals surface area contributed by atoms with Crippen molar-refractivity contribution in [2.24, 2.45) is 0 Å². The third kappa shape index (κ3) is 4.64. The van der Waals surface area contributed by atoms with Gasteiger partial charge in [-0.25, -0.2) is 13.4 Å². The Morgan fingerprint density at radius 2 is 1.90 bits per heavy atom. The zero-order valence-electron chi connectivity index (χ0n) is 17.6. The first kappa shape index (κ1) is 21.8. The highest BCUT2D eigenvalue weighted by atomic mass is 32.2. The predicted molar refractivity (Wildman–Crippen MR) is 114 cm³/mol. The van der Waals surface area contributed by atoms with E-state index in [0.717, 1.165) is 30.7 Å². The second-order valence-electron chi connectivity index (χ2n) is 7.56. The molecule has 1 aliphatic rings. The van der Waals surface area contributed by atoms with Gasteiger partial charge in [-0.1, -0.05) is 26.7 Å². The van der Waals surface area contributed by atoms with Crippen LogP contribution in [-0.2, 0) is 27.8 Å². The van der Waals surface area contributed by atoms with E-state index in [9.17, 15) is 13.2 Å². The molecular formula is C21H32N4O3S. The van der Waals surface area contributed by atoms with Gasteiger partial charge in [0.05, 0.1) is 15.9 Å². The summed E-state index contributed by atoms with van der Waals surface area (Å²) in [5, 5.41) is 3.11. The smallest absolute Gasteiger partial charge is 0.243 e. The van der Waals surface area contributed by atoms with Crippen LogP contribution in [0.15, 0.2) is 23.1 Å². The number of sulfonamides is 1. The number of carbonyl (C=O) groups excluding carboxylic acids is 1. The Morgan fingerprint density at radius 1 is 1.21 bits per heavy atom. The maximum atomic E-state index is 12.8. The molecule has 160 valence electrons. The third-order valence-corrected chi connectivity index (χ3v) is 7.80. The number of hydrogen-bond donors (Lipinski definition) is 1. The fourth-order valence-electron chi connectivity index (χ4n) is 4.17. The van der Waals surface area contributed by atoms with Crippen molar-refractivity contribution in [2.75, 3.05) is 13.1 Å². The van der Waals surface area contributed by atoms with E-state index in [0.29, 0.717) is 37.5 Å². The summed E-state index contributed by atoms with van der Waals surface area (Å²) in [6, 6.07) is 5.45. The number of imidazole rings is 1. The molecule has 0 saturated heterocycles. The fourth-order valence-corrected chi connectivity index (χ4v) is 5.65. The van der Waals surface area contributed by atoms with Crippen molar-refractivity contribution in [3.05, 3.63) is 24.0 Å². The Hall–Kier alpha value is -1.93. The van der Waals surface area contributed by atoms with Crippen LogP contribution in [0.1, 0.15) is 58.7 Å². The minimum atomic E-state index is -3.52. The van der Waals surface area contributed by atoms with Gasteiger partial charge < -0.3 is 9.88 Å². The quantitative estimate of drug-likeness (QED) is 0.676. The van der Waals surface area contributed by atoms with Crippen molar-refractivity contribution < 1.29 is 13.2 Å². The molecule has 1 N–H and O–H groups in total. The molecule has 8 heteroatoms. The van der Waals surface area contributed by atoms with E-state index in [4.69, 9.17) is 0 Å². The van der Waals surface area contributed by atoms with E-state index in [1.54, 1.807) is 12.1 Å². The van der Waals surface area contributed by atoms with Gasteiger partial charge in [-0.3, -0.25) is 4.79 Å². The lowest BCUT2D eigenvalue weighted by Gasteiger charge is -2.18. The average molecular weight is 421 g/mol. The normalized spacial score (nSPS) is 15.4. The predicted octanol–water partition coefficient (Wildman–Crippen LogP) is 3.08. The van der Waals surface area contributed by atoms with Crippen LogP contribution < -0.4 is 5.32 Å². The van der Waals surface area contributed by atoms with Gasteiger partial charge in [0.15, 0.2) is 0 Å². The van der Waals surface area contributed by atoms with Crippen LogP contribution in [0, 0.1) is 0 Å². The van der Waals surface area contributed by atoms with Crippen molar-refractivity contribution in [1.82, 2.24) is 19.2 Å². The van der Waals surface area contributed by atoms with E-state index in [2.05, 4.69) is 14.9 Å². The molecule has 0 bridgehead atoms. The number of rotatable bonds is 9. The Morgan fingerprint density at radius 3 is 2.52 bits per heavy atom. The molecule has 0 unspecified atom stereocenters. The Labute approximate surface area is 173 Å². The Kier molecular flexibility index (Phi) is 6.95. The SMILES string of the molecule is CCN(CC)S(=O)(=O)c1ccc2c(c1)nc(CCC(=O)NC1CCCC1)n2CC. The van der Waals surface area contributed by atoms with Crippen molar-refractivity contribution in [1.29, 1.82) is 0 Å². The zero-order chi connectivity index (χ0) is 21.0. The molecular weight excluding hydrogens is 388 g/mol. The molecule has 1 fully saturated rings. The van der Waals surface area contributed by atoms with Crippen molar-refractivity contribution in [3.63, 3.8) is 0 Å². The highest BCUT2D eigenvalue weighted by molar-refractivity contribution is 7.89. The van der Waals surface area contributed by atoms with Crippen LogP contribution in [0.3, 0.4) is 0 Å². The molecule has 0 aliphatic heterocycles. The number of amides is 1. The van der Waals surface area contributed by atoms with Crippen LogP contribution in [0.25, 0.3) is 11.0 Å². The summed E-state index contributed by atoms with van der Waals surface area (Å²) in [6.45, 7) is 7.28. The number of hydrogen-bond acceptors (Lipinski definition) is 4. The highest BCUT2D eigenvalue weighted by Gasteiger charge is 2.23. The fraction of sp³-hybridized carbons (Fsp3) is 0.619. The molecule has 1 aromatic heterocycles. The first-order valence-electron chi connectivity index (χ1n) is 10.7. The minimum absolute atomic E-state index is 0.0661. The van der Waals surface area contributed by atoms with Crippen LogP contribution >= 0.6 is 0 Å². The summed E-state index contributed by atoms with van der Waals surface area (Å²) >= 11 is 0. The number of aryl methyl sites for hydroxylation is 2. The van der Waals surface area contributed by atoms with Crippen LogP contribution in [0.5, 0.6) is 0 Å². The van der Waals surface area contributed by atoms with Crippen LogP contribution in [0.4, 0.5) is 0 Å². The molecule has 3 rings (SSSR count). The lowest BCUT2D eigenvalue weighted by atomic mass is 10.2. The molecule has 0 radical (unpaired) electrons. The number of aromatic nitrogens is 2. The van der Waals surface area contributed by atoms with E-state index in [1.807, 2.05) is 26.8 Å². The van der Waals surface area contributed by atoms with Gasteiger partial charge in [-0.15, -0.1) is 0 Å². The molecule has 0 atom stereocenters. The number of fused-ring (bicyclic) bond motifs is 1. The van der Waals surface area contributed by atoms with Crippen molar-refractivity contribution in [2.45, 2.75) is 76.8 Å². The number of benzene rings is 1. The van der Waals surface area contributed by atoms with Gasteiger partial charge in [-0.2, -0.15) is 4.31 Å². The lowest BCUT2D eigenvalue weighted by molar-refractivity contribution is -0.121. The van der Waals surface area contributed by atoms with Crippen LogP contribution in [0.2, 0.25) is 0 Å². The highest BCUT2D eigenvalue weighted by Crippen LogP contribution is 2.24. The number of carbonyl (C=O) groups is 1. The topological polar surface area (TPSA) is 84.3 Å². The van der Waals surface area contributed by atoms with Gasteiger partial charge in [0.2, 0.25) is 15.9 Å². The molecule has 1 aromatic carbocycles. The molecule has 29 heavy (non-hydrogen) atoms. The van der Waals surface area contributed by atoms with Crippen molar-refractivity contribution >= 4 is 27.0 Å². The van der Waals surface area contributed by atoms with E-state index >= 15 is 0 Å². The summed E-state index contributed by atoms with van der Waals surface area (Å²) in [7, 11) is -3.52. The summed E-state index contributed by atoms with van der Waals surface area (Å²) in [4.78, 5) is 17.2. The molecule has 2 aromatic rings. The zero-order valence-corrected chi connectivity index (χ0v) is 18.5. The number of nitrogens with zero attached hydrogens (tertiary/aromatic N) is 3. The molecule has 1 saturated carbocycles. The average Bonchev–Trinajstić information content (AvgIpc) is 3.33. The van der Waals surface area contributed by atoms with E-state index in [-0.39, 0.29) is 10.8 Å². The third-order valence-electron chi connectivity index (χ3n) is 5.75. The van der Waals surface area contributed by atoms with Gasteiger partial charge >= 0.3 is 0 Å². The van der Waals surface area contributed by atoms with Crippen molar-refractivity contribution in [3.8, 4) is 0 Å². The Bertz CT molecular complexity index is 958. The second kappa shape index (κ2) is 9.26. The second-order valence-corrected chi connectivity index (χ2v) is 9.50.